The molecule has 2 nitrogen and oxygen atoms in total. The standard InChI is InChI=1S/C56H48N2/c1-55-32-14-15-33-56(55,2)58(42-25-23-41(24-26-42)57(3)4)52-31-22-40(34-51(52)55)50-36-49(39-20-12-7-13-21-39)45-28-27-43-47(37-16-8-5-9-17-37)35-48(38-18-10-6-11-19-38)44-29-30-46(50)54(45)53(43)44/h5-13,16-31,34-36H,14-15,32-33H2,1-4H3. The van der Waals surface area contributed by atoms with Crippen LogP contribution in [0, 0.1) is 0 Å². The zero-order valence-electron chi connectivity index (χ0n) is 33.9. The third kappa shape index (κ3) is 5.04. The van der Waals surface area contributed by atoms with E-state index in [0.717, 1.165) is 0 Å². The lowest BCUT2D eigenvalue weighted by molar-refractivity contribution is 0.195. The lowest BCUT2D eigenvalue weighted by Crippen LogP contribution is -2.54. The Bertz CT molecular complexity index is 2930. The van der Waals surface area contributed by atoms with Crippen LogP contribution in [0.4, 0.5) is 17.1 Å². The maximum atomic E-state index is 2.69. The summed E-state index contributed by atoms with van der Waals surface area (Å²) in [6, 6.07) is 64.1. The summed E-state index contributed by atoms with van der Waals surface area (Å²) in [5, 5.41) is 7.89. The largest absolute Gasteiger partial charge is 0.378 e. The maximum absolute atomic E-state index is 2.69. The number of hydrogen-bond donors (Lipinski definition) is 0. The van der Waals surface area contributed by atoms with E-state index in [1.807, 2.05) is 0 Å². The highest BCUT2D eigenvalue weighted by atomic mass is 15.3. The van der Waals surface area contributed by atoms with Gasteiger partial charge in [0.15, 0.2) is 0 Å². The summed E-state index contributed by atoms with van der Waals surface area (Å²) < 4.78 is 0. The molecule has 0 bridgehead atoms. The summed E-state index contributed by atoms with van der Waals surface area (Å²) in [5.74, 6) is 0. The Morgan fingerprint density at radius 3 is 1.36 bits per heavy atom. The van der Waals surface area contributed by atoms with Crippen molar-refractivity contribution in [2.75, 3.05) is 23.9 Å². The van der Waals surface area contributed by atoms with E-state index >= 15 is 0 Å². The lowest BCUT2D eigenvalue weighted by atomic mass is 9.61. The van der Waals surface area contributed by atoms with Crippen LogP contribution >= 0.6 is 0 Å². The molecule has 0 saturated heterocycles. The quantitative estimate of drug-likeness (QED) is 0.156. The Morgan fingerprint density at radius 1 is 0.448 bits per heavy atom. The fourth-order valence-corrected chi connectivity index (χ4v) is 11.0. The van der Waals surface area contributed by atoms with Crippen LogP contribution in [0.1, 0.15) is 45.1 Å². The van der Waals surface area contributed by atoms with Gasteiger partial charge in [-0.25, -0.2) is 0 Å². The van der Waals surface area contributed by atoms with E-state index in [4.69, 9.17) is 0 Å². The van der Waals surface area contributed by atoms with Crippen LogP contribution in [0.5, 0.6) is 0 Å². The summed E-state index contributed by atoms with van der Waals surface area (Å²) in [6.45, 7) is 5.09. The number of fused-ring (bicyclic) bond motifs is 3. The smallest absolute Gasteiger partial charge is 0.0517 e. The molecule has 0 amide bonds. The SMILES string of the molecule is CN(C)c1ccc(N2c3ccc(-c4cc(-c5ccccc5)c5ccc6c(-c7ccccc7)cc(-c7ccccc7)c7ccc4c5c67)cc3C3(C)CCCCC23C)cc1. The van der Waals surface area contributed by atoms with E-state index in [2.05, 4.69) is 208 Å². The van der Waals surface area contributed by atoms with E-state index in [0.29, 0.717) is 0 Å². The predicted molar refractivity (Wildman–Crippen MR) is 249 cm³/mol. The van der Waals surface area contributed by atoms with Crippen molar-refractivity contribution in [3.63, 3.8) is 0 Å². The van der Waals surface area contributed by atoms with Crippen LogP contribution in [0.3, 0.4) is 0 Å². The molecule has 11 rings (SSSR count). The number of nitrogens with zero attached hydrogens (tertiary/aromatic N) is 2. The highest BCUT2D eigenvalue weighted by Crippen LogP contribution is 2.61. The molecule has 2 aliphatic rings. The molecule has 0 spiro atoms. The normalized spacial score (nSPS) is 18.9. The van der Waals surface area contributed by atoms with Crippen molar-refractivity contribution in [3.05, 3.63) is 175 Å². The van der Waals surface area contributed by atoms with Crippen LogP contribution in [0.2, 0.25) is 0 Å². The van der Waals surface area contributed by atoms with Gasteiger partial charge >= 0.3 is 0 Å². The van der Waals surface area contributed by atoms with Crippen LogP contribution in [0.15, 0.2) is 170 Å². The molecule has 2 unspecified atom stereocenters. The summed E-state index contributed by atoms with van der Waals surface area (Å²) in [5.41, 5.74) is 15.5. The third-order valence-corrected chi connectivity index (χ3v) is 14.2. The van der Waals surface area contributed by atoms with Crippen molar-refractivity contribution in [2.45, 2.75) is 50.5 Å². The van der Waals surface area contributed by atoms with Gasteiger partial charge < -0.3 is 9.80 Å². The minimum atomic E-state index is -0.0224. The van der Waals surface area contributed by atoms with Gasteiger partial charge in [0.1, 0.15) is 0 Å². The van der Waals surface area contributed by atoms with Gasteiger partial charge in [0.25, 0.3) is 0 Å². The lowest BCUT2D eigenvalue weighted by Gasteiger charge is -2.50. The average molecular weight is 749 g/mol. The highest BCUT2D eigenvalue weighted by molar-refractivity contribution is 6.32. The molecule has 1 heterocycles. The Labute approximate surface area is 342 Å². The summed E-state index contributed by atoms with van der Waals surface area (Å²) >= 11 is 0. The number of anilines is 3. The number of rotatable bonds is 6. The monoisotopic (exact) mass is 748 g/mol. The van der Waals surface area contributed by atoms with Gasteiger partial charge in [0.2, 0.25) is 0 Å². The van der Waals surface area contributed by atoms with Gasteiger partial charge in [-0.15, -0.1) is 0 Å². The Hall–Kier alpha value is -6.38. The third-order valence-electron chi connectivity index (χ3n) is 14.2. The molecule has 0 aromatic heterocycles. The molecule has 9 aromatic carbocycles. The van der Waals surface area contributed by atoms with Crippen molar-refractivity contribution >= 4 is 49.4 Å². The highest BCUT2D eigenvalue weighted by Gasteiger charge is 2.57. The average Bonchev–Trinajstić information content (AvgIpc) is 3.48. The molecular weight excluding hydrogens is 701 g/mol. The first kappa shape index (κ1) is 34.8. The van der Waals surface area contributed by atoms with Crippen LogP contribution in [0.25, 0.3) is 76.8 Å². The molecular formula is C56H48N2. The van der Waals surface area contributed by atoms with Crippen molar-refractivity contribution in [2.24, 2.45) is 0 Å². The van der Waals surface area contributed by atoms with Gasteiger partial charge in [-0.2, -0.15) is 0 Å². The molecule has 2 heteroatoms. The van der Waals surface area contributed by atoms with E-state index < -0.39 is 0 Å². The first-order valence-electron chi connectivity index (χ1n) is 21.0. The van der Waals surface area contributed by atoms with Crippen LogP contribution in [-0.2, 0) is 5.41 Å². The molecule has 58 heavy (non-hydrogen) atoms. The van der Waals surface area contributed by atoms with Gasteiger partial charge in [-0.3, -0.25) is 0 Å². The maximum Gasteiger partial charge on any atom is 0.0517 e. The molecule has 0 radical (unpaired) electrons. The molecule has 282 valence electrons. The van der Waals surface area contributed by atoms with E-state index in [-0.39, 0.29) is 11.0 Å². The summed E-state index contributed by atoms with van der Waals surface area (Å²) in [4.78, 5) is 4.88. The van der Waals surface area contributed by atoms with Gasteiger partial charge in [-0.1, -0.05) is 141 Å². The molecule has 1 fully saturated rings. The molecule has 1 saturated carbocycles. The summed E-state index contributed by atoms with van der Waals surface area (Å²) in [7, 11) is 4.24. The fraction of sp³-hybridized carbons (Fsp3) is 0.179. The van der Waals surface area contributed by atoms with Gasteiger partial charge in [0, 0.05) is 36.6 Å². The minimum absolute atomic E-state index is 0.0119. The van der Waals surface area contributed by atoms with Crippen molar-refractivity contribution < 1.29 is 0 Å². The Morgan fingerprint density at radius 2 is 0.897 bits per heavy atom. The number of hydrogen-bond acceptors (Lipinski definition) is 2. The second-order valence-electron chi connectivity index (χ2n) is 17.4. The summed E-state index contributed by atoms with van der Waals surface area (Å²) in [6.07, 6.45) is 4.87. The minimum Gasteiger partial charge on any atom is -0.378 e. The second-order valence-corrected chi connectivity index (χ2v) is 17.4. The molecule has 2 atom stereocenters. The molecule has 9 aromatic rings. The van der Waals surface area contributed by atoms with Crippen molar-refractivity contribution in [3.8, 4) is 44.5 Å². The first-order chi connectivity index (χ1) is 28.3. The molecule has 1 aliphatic carbocycles. The van der Waals surface area contributed by atoms with E-state index in [1.54, 1.807) is 0 Å². The van der Waals surface area contributed by atoms with Crippen molar-refractivity contribution in [1.29, 1.82) is 0 Å². The van der Waals surface area contributed by atoms with Gasteiger partial charge in [-0.05, 0) is 151 Å². The van der Waals surface area contributed by atoms with E-state index in [1.165, 1.54) is 125 Å². The Kier molecular flexibility index (Phi) is 7.86. The zero-order valence-corrected chi connectivity index (χ0v) is 33.9. The van der Waals surface area contributed by atoms with Gasteiger partial charge in [0.05, 0.1) is 5.54 Å². The van der Waals surface area contributed by atoms with Crippen molar-refractivity contribution in [1.82, 2.24) is 0 Å². The van der Waals surface area contributed by atoms with Crippen LogP contribution < -0.4 is 9.80 Å². The molecule has 1 aliphatic heterocycles. The number of benzene rings is 9. The molecule has 0 N–H and O–H groups in total. The van der Waals surface area contributed by atoms with E-state index in [9.17, 15) is 0 Å². The van der Waals surface area contributed by atoms with Crippen LogP contribution in [-0.4, -0.2) is 19.6 Å². The first-order valence-corrected chi connectivity index (χ1v) is 21.0. The predicted octanol–water partition coefficient (Wildman–Crippen LogP) is 15.1. The fourth-order valence-electron chi connectivity index (χ4n) is 11.0. The topological polar surface area (TPSA) is 6.48 Å². The Balaban J connectivity index is 1.20. The zero-order chi connectivity index (χ0) is 39.2. The second kappa shape index (κ2) is 13.1.